The number of rotatable bonds is 2. The highest BCUT2D eigenvalue weighted by atomic mass is 16.3. The van der Waals surface area contributed by atoms with Crippen molar-refractivity contribution in [2.75, 3.05) is 6.61 Å². The quantitative estimate of drug-likeness (QED) is 0.672. The molecule has 118 valence electrons. The van der Waals surface area contributed by atoms with Gasteiger partial charge in [0.1, 0.15) is 0 Å². The Kier molecular flexibility index (Phi) is 5.48. The van der Waals surface area contributed by atoms with Crippen LogP contribution < -0.4 is 0 Å². The molecule has 21 heavy (non-hydrogen) atoms. The van der Waals surface area contributed by atoms with Crippen molar-refractivity contribution in [2.24, 2.45) is 17.3 Å². The molecule has 0 aromatic carbocycles. The summed E-state index contributed by atoms with van der Waals surface area (Å²) in [6.07, 6.45) is 13.0. The summed E-state index contributed by atoms with van der Waals surface area (Å²) in [6.45, 7) is 11.4. The Morgan fingerprint density at radius 1 is 1.33 bits per heavy atom. The molecule has 0 heterocycles. The van der Waals surface area contributed by atoms with Gasteiger partial charge in [0, 0.05) is 0 Å². The summed E-state index contributed by atoms with van der Waals surface area (Å²) in [5.74, 6) is 1.41. The first-order chi connectivity index (χ1) is 9.96. The van der Waals surface area contributed by atoms with Crippen LogP contribution in [-0.2, 0) is 0 Å². The summed E-state index contributed by atoms with van der Waals surface area (Å²) in [4.78, 5) is 0. The van der Waals surface area contributed by atoms with E-state index >= 15 is 0 Å². The van der Waals surface area contributed by atoms with Crippen molar-refractivity contribution >= 4 is 0 Å². The maximum absolute atomic E-state index is 9.57. The molecule has 0 saturated heterocycles. The van der Waals surface area contributed by atoms with Crippen molar-refractivity contribution in [3.05, 3.63) is 35.5 Å². The van der Waals surface area contributed by atoms with E-state index < -0.39 is 0 Å². The second-order valence-corrected chi connectivity index (χ2v) is 7.60. The van der Waals surface area contributed by atoms with Crippen LogP contribution in [0.2, 0.25) is 0 Å². The van der Waals surface area contributed by atoms with Crippen LogP contribution in [0.4, 0.5) is 0 Å². The van der Waals surface area contributed by atoms with E-state index in [1.165, 1.54) is 42.4 Å². The van der Waals surface area contributed by atoms with Gasteiger partial charge in [-0.05, 0) is 81.6 Å². The number of fused-ring (bicyclic) bond motifs is 1. The van der Waals surface area contributed by atoms with Crippen molar-refractivity contribution in [2.45, 2.75) is 65.7 Å². The lowest BCUT2D eigenvalue weighted by molar-refractivity contribution is 0.187. The van der Waals surface area contributed by atoms with E-state index in [1.54, 1.807) is 0 Å². The summed E-state index contributed by atoms with van der Waals surface area (Å²) in [6, 6.07) is 0. The summed E-state index contributed by atoms with van der Waals surface area (Å²) in [7, 11) is 0. The molecule has 2 rings (SSSR count). The molecule has 2 aliphatic carbocycles. The summed E-state index contributed by atoms with van der Waals surface area (Å²) < 4.78 is 0. The van der Waals surface area contributed by atoms with Crippen molar-refractivity contribution in [1.82, 2.24) is 0 Å². The summed E-state index contributed by atoms with van der Waals surface area (Å²) in [5, 5.41) is 9.57. The molecule has 1 heteroatoms. The fourth-order valence-electron chi connectivity index (χ4n) is 4.33. The third-order valence-electron chi connectivity index (χ3n) is 5.95. The first kappa shape index (κ1) is 16.5. The van der Waals surface area contributed by atoms with Gasteiger partial charge in [-0.2, -0.15) is 0 Å². The lowest BCUT2D eigenvalue weighted by Gasteiger charge is -2.34. The molecule has 0 bridgehead atoms. The lowest BCUT2D eigenvalue weighted by Crippen LogP contribution is -2.26. The van der Waals surface area contributed by atoms with E-state index in [1.807, 2.05) is 0 Å². The van der Waals surface area contributed by atoms with Crippen molar-refractivity contribution in [3.63, 3.8) is 0 Å². The zero-order valence-corrected chi connectivity index (χ0v) is 14.1. The summed E-state index contributed by atoms with van der Waals surface area (Å²) in [5.41, 5.74) is 4.50. The molecule has 1 N–H and O–H groups in total. The molecule has 0 aromatic rings. The van der Waals surface area contributed by atoms with Crippen LogP contribution in [0.3, 0.4) is 0 Å². The number of aliphatic hydroxyl groups is 1. The number of hydrogen-bond donors (Lipinski definition) is 1. The van der Waals surface area contributed by atoms with Gasteiger partial charge in [-0.25, -0.2) is 0 Å². The monoisotopic (exact) mass is 288 g/mol. The largest absolute Gasteiger partial charge is 0.392 e. The van der Waals surface area contributed by atoms with Gasteiger partial charge in [-0.15, -0.1) is 0 Å². The second kappa shape index (κ2) is 6.96. The predicted octanol–water partition coefficient (Wildman–Crippen LogP) is 5.42. The Morgan fingerprint density at radius 3 is 2.76 bits per heavy atom. The van der Waals surface area contributed by atoms with Crippen LogP contribution in [0.1, 0.15) is 65.7 Å². The number of allylic oxidation sites excluding steroid dienone is 4. The standard InChI is InChI=1S/C20H32O/c1-15(2)18-11-13-20(4)12-10-17(14-21)7-5-6-16(3)8-9-19(18)20/h7-8,18-19,21H,1,5-6,9-14H2,2-4H3/b16-8+,17-7-/t18?,19-,20-/m0/s1. The van der Waals surface area contributed by atoms with Gasteiger partial charge in [-0.1, -0.05) is 36.8 Å². The molecular formula is C20H32O. The molecule has 0 aliphatic heterocycles. The van der Waals surface area contributed by atoms with Gasteiger partial charge in [0.25, 0.3) is 0 Å². The maximum Gasteiger partial charge on any atom is 0.0641 e. The minimum atomic E-state index is 0.230. The molecule has 1 nitrogen and oxygen atoms in total. The molecule has 2 aliphatic rings. The maximum atomic E-state index is 9.57. The van der Waals surface area contributed by atoms with Crippen molar-refractivity contribution in [1.29, 1.82) is 0 Å². The van der Waals surface area contributed by atoms with Gasteiger partial charge in [0.15, 0.2) is 0 Å². The van der Waals surface area contributed by atoms with Crippen LogP contribution in [0.15, 0.2) is 35.5 Å². The average molecular weight is 288 g/mol. The Morgan fingerprint density at radius 2 is 2.10 bits per heavy atom. The minimum absolute atomic E-state index is 0.230. The van der Waals surface area contributed by atoms with Crippen LogP contribution >= 0.6 is 0 Å². The van der Waals surface area contributed by atoms with E-state index in [2.05, 4.69) is 39.5 Å². The van der Waals surface area contributed by atoms with E-state index in [4.69, 9.17) is 0 Å². The Labute approximate surface area is 130 Å². The fourth-order valence-corrected chi connectivity index (χ4v) is 4.33. The molecule has 0 aromatic heterocycles. The van der Waals surface area contributed by atoms with Crippen LogP contribution in [0, 0.1) is 17.3 Å². The van der Waals surface area contributed by atoms with E-state index in [0.717, 1.165) is 25.2 Å². The molecule has 0 amide bonds. The average Bonchev–Trinajstić information content (AvgIpc) is 2.76. The Balaban J connectivity index is 2.26. The zero-order chi connectivity index (χ0) is 15.5. The van der Waals surface area contributed by atoms with Gasteiger partial charge >= 0.3 is 0 Å². The third kappa shape index (κ3) is 3.88. The number of aliphatic hydroxyl groups excluding tert-OH is 1. The smallest absolute Gasteiger partial charge is 0.0641 e. The van der Waals surface area contributed by atoms with Gasteiger partial charge < -0.3 is 5.11 Å². The van der Waals surface area contributed by atoms with Crippen LogP contribution in [-0.4, -0.2) is 11.7 Å². The molecule has 0 radical (unpaired) electrons. The first-order valence-electron chi connectivity index (χ1n) is 8.56. The molecule has 3 atom stereocenters. The van der Waals surface area contributed by atoms with Crippen LogP contribution in [0.25, 0.3) is 0 Å². The normalized spacial score (nSPS) is 39.4. The highest BCUT2D eigenvalue weighted by Crippen LogP contribution is 2.54. The second-order valence-electron chi connectivity index (χ2n) is 7.60. The van der Waals surface area contributed by atoms with E-state index in [-0.39, 0.29) is 6.61 Å². The molecule has 1 unspecified atom stereocenters. The van der Waals surface area contributed by atoms with Crippen molar-refractivity contribution < 1.29 is 5.11 Å². The Hall–Kier alpha value is -0.820. The van der Waals surface area contributed by atoms with Crippen molar-refractivity contribution in [3.8, 4) is 0 Å². The van der Waals surface area contributed by atoms with Gasteiger partial charge in [0.2, 0.25) is 0 Å². The van der Waals surface area contributed by atoms with Crippen LogP contribution in [0.5, 0.6) is 0 Å². The molecular weight excluding hydrogens is 256 g/mol. The number of hydrogen-bond acceptors (Lipinski definition) is 1. The SMILES string of the molecule is C=C(C)C1CC[C@]2(C)CC/C(CO)=C/CC/C(C)=C/C[C@@H]12. The molecule has 1 fully saturated rings. The van der Waals surface area contributed by atoms with E-state index in [0.29, 0.717) is 11.3 Å². The van der Waals surface area contributed by atoms with Gasteiger partial charge in [0.05, 0.1) is 6.61 Å². The predicted molar refractivity (Wildman–Crippen MR) is 91.1 cm³/mol. The summed E-state index contributed by atoms with van der Waals surface area (Å²) >= 11 is 0. The third-order valence-corrected chi connectivity index (χ3v) is 5.95. The van der Waals surface area contributed by atoms with Gasteiger partial charge in [-0.3, -0.25) is 0 Å². The lowest BCUT2D eigenvalue weighted by atomic mass is 9.70. The molecule has 0 spiro atoms. The topological polar surface area (TPSA) is 20.2 Å². The highest BCUT2D eigenvalue weighted by molar-refractivity contribution is 5.13. The minimum Gasteiger partial charge on any atom is -0.392 e. The fraction of sp³-hybridized carbons (Fsp3) is 0.700. The first-order valence-corrected chi connectivity index (χ1v) is 8.56. The molecule has 1 saturated carbocycles. The highest BCUT2D eigenvalue weighted by Gasteiger charge is 2.44. The zero-order valence-electron chi connectivity index (χ0n) is 14.1. The Bertz CT molecular complexity index is 443. The van der Waals surface area contributed by atoms with E-state index in [9.17, 15) is 5.11 Å².